The number of aromatic nitrogens is 2. The topological polar surface area (TPSA) is 64.3 Å². The molecule has 1 atom stereocenters. The minimum Gasteiger partial charge on any atom is -0.480 e. The number of para-hydroxylation sites is 2. The Balaban J connectivity index is 2.59. The van der Waals surface area contributed by atoms with Crippen LogP contribution in [0.1, 0.15) is 11.9 Å². The van der Waals surface area contributed by atoms with Crippen LogP contribution in [0.2, 0.25) is 0 Å². The van der Waals surface area contributed by atoms with Crippen molar-refractivity contribution in [3.63, 3.8) is 0 Å². The van der Waals surface area contributed by atoms with Crippen molar-refractivity contribution in [2.24, 2.45) is 0 Å². The molecule has 2 rings (SSSR count). The second-order valence-electron chi connectivity index (χ2n) is 3.83. The number of benzene rings is 1. The molecule has 0 saturated carbocycles. The second kappa shape index (κ2) is 4.55. The van der Waals surface area contributed by atoms with Gasteiger partial charge in [0.15, 0.2) is 6.04 Å². The minimum absolute atomic E-state index is 0.122. The van der Waals surface area contributed by atoms with Gasteiger partial charge in [-0.2, -0.15) is 0 Å². The maximum atomic E-state index is 11.3. The standard InChI is InChI=1S/C12H14N2O3/c1-8-13-9-5-3-4-6-10(9)14(8)11(7-17-2)12(15)16/h3-6,11H,7H2,1-2H3,(H,15,16). The third-order valence-electron chi connectivity index (χ3n) is 2.69. The number of rotatable bonds is 4. The zero-order valence-electron chi connectivity index (χ0n) is 9.75. The van der Waals surface area contributed by atoms with Crippen LogP contribution in [0.25, 0.3) is 11.0 Å². The van der Waals surface area contributed by atoms with Crippen molar-refractivity contribution in [1.29, 1.82) is 0 Å². The van der Waals surface area contributed by atoms with E-state index in [1.165, 1.54) is 7.11 Å². The number of aliphatic carboxylic acids is 1. The molecule has 2 aromatic rings. The molecule has 0 bridgehead atoms. The zero-order valence-corrected chi connectivity index (χ0v) is 9.75. The van der Waals surface area contributed by atoms with Gasteiger partial charge in [0.2, 0.25) is 0 Å². The zero-order chi connectivity index (χ0) is 12.4. The molecule has 0 saturated heterocycles. The fraction of sp³-hybridized carbons (Fsp3) is 0.333. The summed E-state index contributed by atoms with van der Waals surface area (Å²) in [5.74, 6) is -0.242. The molecule has 1 heterocycles. The first kappa shape index (κ1) is 11.6. The number of carbonyl (C=O) groups is 1. The summed E-state index contributed by atoms with van der Waals surface area (Å²) in [5, 5.41) is 9.23. The Labute approximate surface area is 98.6 Å². The third-order valence-corrected chi connectivity index (χ3v) is 2.69. The van der Waals surface area contributed by atoms with E-state index in [1.807, 2.05) is 24.3 Å². The van der Waals surface area contributed by atoms with Crippen LogP contribution >= 0.6 is 0 Å². The highest BCUT2D eigenvalue weighted by molar-refractivity contribution is 5.80. The molecule has 0 spiro atoms. The number of aryl methyl sites for hydroxylation is 1. The van der Waals surface area contributed by atoms with Crippen molar-refractivity contribution < 1.29 is 14.6 Å². The normalized spacial score (nSPS) is 12.8. The number of carboxylic acids is 1. The molecule has 0 radical (unpaired) electrons. The molecular weight excluding hydrogens is 220 g/mol. The predicted octanol–water partition coefficient (Wildman–Crippen LogP) is 1.62. The number of carboxylic acid groups (broad SMARTS) is 1. The van der Waals surface area contributed by atoms with Crippen LogP contribution in [0.15, 0.2) is 24.3 Å². The maximum absolute atomic E-state index is 11.3. The van der Waals surface area contributed by atoms with Gasteiger partial charge in [-0.3, -0.25) is 0 Å². The number of fused-ring (bicyclic) bond motifs is 1. The predicted molar refractivity (Wildman–Crippen MR) is 63.0 cm³/mol. The van der Waals surface area contributed by atoms with Gasteiger partial charge >= 0.3 is 5.97 Å². The van der Waals surface area contributed by atoms with Gasteiger partial charge in [-0.1, -0.05) is 12.1 Å². The summed E-state index contributed by atoms with van der Waals surface area (Å²) >= 11 is 0. The molecule has 1 N–H and O–H groups in total. The molecule has 1 aromatic carbocycles. The molecule has 5 heteroatoms. The van der Waals surface area contributed by atoms with E-state index in [1.54, 1.807) is 11.5 Å². The van der Waals surface area contributed by atoms with E-state index < -0.39 is 12.0 Å². The van der Waals surface area contributed by atoms with Crippen LogP contribution < -0.4 is 0 Å². The molecule has 0 aliphatic carbocycles. The summed E-state index contributed by atoms with van der Waals surface area (Å²) < 4.78 is 6.66. The SMILES string of the molecule is COCC(C(=O)O)n1c(C)nc2ccccc21. The van der Waals surface area contributed by atoms with Crippen LogP contribution in [0.4, 0.5) is 0 Å². The molecule has 0 fully saturated rings. The highest BCUT2D eigenvalue weighted by atomic mass is 16.5. The van der Waals surface area contributed by atoms with Gasteiger partial charge in [0, 0.05) is 7.11 Å². The summed E-state index contributed by atoms with van der Waals surface area (Å²) in [6.07, 6.45) is 0. The first-order valence-corrected chi connectivity index (χ1v) is 5.30. The second-order valence-corrected chi connectivity index (χ2v) is 3.83. The summed E-state index contributed by atoms with van der Waals surface area (Å²) in [6, 6.07) is 6.73. The first-order chi connectivity index (χ1) is 8.15. The van der Waals surface area contributed by atoms with Crippen LogP contribution in [-0.2, 0) is 9.53 Å². The highest BCUT2D eigenvalue weighted by Gasteiger charge is 2.23. The average molecular weight is 234 g/mol. The quantitative estimate of drug-likeness (QED) is 0.873. The van der Waals surface area contributed by atoms with Gasteiger partial charge in [-0.15, -0.1) is 0 Å². The fourth-order valence-corrected chi connectivity index (χ4v) is 1.97. The van der Waals surface area contributed by atoms with E-state index in [2.05, 4.69) is 4.98 Å². The Kier molecular flexibility index (Phi) is 3.10. The third kappa shape index (κ3) is 2.01. The Morgan fingerprint density at radius 1 is 1.53 bits per heavy atom. The van der Waals surface area contributed by atoms with E-state index in [4.69, 9.17) is 4.74 Å². The molecule has 0 amide bonds. The van der Waals surface area contributed by atoms with E-state index in [-0.39, 0.29) is 6.61 Å². The van der Waals surface area contributed by atoms with Crippen LogP contribution in [0, 0.1) is 6.92 Å². The largest absolute Gasteiger partial charge is 0.480 e. The number of hydrogen-bond donors (Lipinski definition) is 1. The van der Waals surface area contributed by atoms with E-state index in [0.29, 0.717) is 5.82 Å². The lowest BCUT2D eigenvalue weighted by molar-refractivity contribution is -0.142. The van der Waals surface area contributed by atoms with Gasteiger partial charge in [0.25, 0.3) is 0 Å². The summed E-state index contributed by atoms with van der Waals surface area (Å²) in [4.78, 5) is 15.6. The number of methoxy groups -OCH3 is 1. The Morgan fingerprint density at radius 3 is 2.88 bits per heavy atom. The summed E-state index contributed by atoms with van der Waals surface area (Å²) in [5.41, 5.74) is 1.61. The summed E-state index contributed by atoms with van der Waals surface area (Å²) in [6.45, 7) is 1.92. The van der Waals surface area contributed by atoms with E-state index in [0.717, 1.165) is 11.0 Å². The maximum Gasteiger partial charge on any atom is 0.329 e. The highest BCUT2D eigenvalue weighted by Crippen LogP contribution is 2.21. The lowest BCUT2D eigenvalue weighted by atomic mass is 10.2. The van der Waals surface area contributed by atoms with Gasteiger partial charge in [0.05, 0.1) is 17.6 Å². The molecule has 0 aliphatic rings. The monoisotopic (exact) mass is 234 g/mol. The van der Waals surface area contributed by atoms with Crippen molar-refractivity contribution in [3.8, 4) is 0 Å². The molecule has 5 nitrogen and oxygen atoms in total. The van der Waals surface area contributed by atoms with Crippen molar-refractivity contribution in [2.75, 3.05) is 13.7 Å². The molecule has 1 unspecified atom stereocenters. The van der Waals surface area contributed by atoms with Gasteiger partial charge in [0.1, 0.15) is 5.82 Å². The minimum atomic E-state index is -0.918. The van der Waals surface area contributed by atoms with Gasteiger partial charge in [-0.25, -0.2) is 9.78 Å². The van der Waals surface area contributed by atoms with Crippen molar-refractivity contribution in [3.05, 3.63) is 30.1 Å². The van der Waals surface area contributed by atoms with Gasteiger partial charge < -0.3 is 14.4 Å². The molecule has 17 heavy (non-hydrogen) atoms. The number of ether oxygens (including phenoxy) is 1. The lowest BCUT2D eigenvalue weighted by Crippen LogP contribution is -2.24. The Bertz CT molecular complexity index is 548. The number of hydrogen-bond acceptors (Lipinski definition) is 3. The van der Waals surface area contributed by atoms with Crippen molar-refractivity contribution in [1.82, 2.24) is 9.55 Å². The number of nitrogens with zero attached hydrogens (tertiary/aromatic N) is 2. The Morgan fingerprint density at radius 2 is 2.24 bits per heavy atom. The average Bonchev–Trinajstić information content (AvgIpc) is 2.62. The van der Waals surface area contributed by atoms with E-state index >= 15 is 0 Å². The molecule has 90 valence electrons. The van der Waals surface area contributed by atoms with Crippen LogP contribution in [-0.4, -0.2) is 34.3 Å². The number of imidazole rings is 1. The fourth-order valence-electron chi connectivity index (χ4n) is 1.97. The molecule has 1 aromatic heterocycles. The van der Waals surface area contributed by atoms with Crippen molar-refractivity contribution >= 4 is 17.0 Å². The smallest absolute Gasteiger partial charge is 0.329 e. The summed E-state index contributed by atoms with van der Waals surface area (Å²) in [7, 11) is 1.49. The first-order valence-electron chi connectivity index (χ1n) is 5.30. The molecular formula is C12H14N2O3. The van der Waals surface area contributed by atoms with E-state index in [9.17, 15) is 9.90 Å². The van der Waals surface area contributed by atoms with Crippen LogP contribution in [0.5, 0.6) is 0 Å². The van der Waals surface area contributed by atoms with Crippen molar-refractivity contribution in [2.45, 2.75) is 13.0 Å². The molecule has 0 aliphatic heterocycles. The lowest BCUT2D eigenvalue weighted by Gasteiger charge is -2.15. The Hall–Kier alpha value is -1.88. The van der Waals surface area contributed by atoms with Gasteiger partial charge in [-0.05, 0) is 19.1 Å². The van der Waals surface area contributed by atoms with Crippen LogP contribution in [0.3, 0.4) is 0 Å².